The average Bonchev–Trinajstić information content (AvgIpc) is 3.50. The van der Waals surface area contributed by atoms with Gasteiger partial charge in [0.25, 0.3) is 0 Å². The molecular weight excluding hydrogens is 434 g/mol. The Morgan fingerprint density at radius 3 is 2.29 bits per heavy atom. The van der Waals surface area contributed by atoms with E-state index < -0.39 is 0 Å². The second-order valence-electron chi connectivity index (χ2n) is 7.99. The number of nitrogens with one attached hydrogen (secondary N) is 1. The highest BCUT2D eigenvalue weighted by molar-refractivity contribution is 6.16. The highest BCUT2D eigenvalue weighted by atomic mass is 16.7. The van der Waals surface area contributed by atoms with Gasteiger partial charge in [-0.05, 0) is 47.3 Å². The topological polar surface area (TPSA) is 75.3 Å². The molecule has 170 valence electrons. The lowest BCUT2D eigenvalue weighted by atomic mass is 9.88. The van der Waals surface area contributed by atoms with Crippen molar-refractivity contribution in [2.45, 2.75) is 6.61 Å². The summed E-state index contributed by atoms with van der Waals surface area (Å²) in [6.45, 7) is 0.343. The highest BCUT2D eigenvalue weighted by Crippen LogP contribution is 2.48. The minimum absolute atomic E-state index is 0.171. The first-order valence-electron chi connectivity index (χ1n) is 10.8. The van der Waals surface area contributed by atoms with Gasteiger partial charge < -0.3 is 29.0 Å². The number of cyclic esters (lactones) is 1. The van der Waals surface area contributed by atoms with Crippen LogP contribution in [0.3, 0.4) is 0 Å². The molecule has 34 heavy (non-hydrogen) atoms. The fourth-order valence-corrected chi connectivity index (χ4v) is 4.61. The molecule has 0 aliphatic carbocycles. The van der Waals surface area contributed by atoms with Crippen LogP contribution in [-0.2, 0) is 11.3 Å². The molecule has 6 rings (SSSR count). The summed E-state index contributed by atoms with van der Waals surface area (Å²) < 4.78 is 27.8. The van der Waals surface area contributed by atoms with Crippen molar-refractivity contribution < 1.29 is 28.5 Å². The molecule has 7 nitrogen and oxygen atoms in total. The average molecular weight is 455 g/mol. The Kier molecular flexibility index (Phi) is 4.69. The van der Waals surface area contributed by atoms with Gasteiger partial charge in [0.15, 0.2) is 23.0 Å². The minimum Gasteiger partial charge on any atom is -0.493 e. The van der Waals surface area contributed by atoms with E-state index in [9.17, 15) is 4.79 Å². The Bertz CT molecular complexity index is 1450. The summed E-state index contributed by atoms with van der Waals surface area (Å²) in [6.07, 6.45) is 0. The Balaban J connectivity index is 1.70. The number of ether oxygens (including phenoxy) is 5. The molecule has 2 aliphatic rings. The van der Waals surface area contributed by atoms with Gasteiger partial charge in [0, 0.05) is 22.2 Å². The van der Waals surface area contributed by atoms with Gasteiger partial charge in [-0.25, -0.2) is 4.79 Å². The number of hydrogen-bond donors (Lipinski definition) is 1. The fourth-order valence-electron chi connectivity index (χ4n) is 4.61. The van der Waals surface area contributed by atoms with Crippen LogP contribution < -0.4 is 24.3 Å². The Morgan fingerprint density at radius 2 is 1.53 bits per heavy atom. The molecule has 0 atom stereocenters. The molecule has 4 aromatic rings. The molecule has 0 spiro atoms. The number of carbonyl (C=O) groups excluding carboxylic acids is 1. The van der Waals surface area contributed by atoms with Crippen LogP contribution in [-0.4, -0.2) is 27.0 Å². The maximum absolute atomic E-state index is 13.1. The van der Waals surface area contributed by atoms with E-state index in [1.165, 1.54) is 0 Å². The highest BCUT2D eigenvalue weighted by Gasteiger charge is 2.32. The summed E-state index contributed by atoms with van der Waals surface area (Å²) in [5, 5.41) is 5.21. The number of benzene rings is 4. The number of anilines is 2. The maximum Gasteiger partial charge on any atom is 0.339 e. The second kappa shape index (κ2) is 7.88. The van der Waals surface area contributed by atoms with Gasteiger partial charge in [0.2, 0.25) is 6.79 Å². The van der Waals surface area contributed by atoms with Crippen LogP contribution in [0.4, 0.5) is 11.4 Å². The van der Waals surface area contributed by atoms with Crippen LogP contribution in [0.2, 0.25) is 0 Å². The molecule has 4 aromatic carbocycles. The number of para-hydroxylation sites is 1. The first-order chi connectivity index (χ1) is 16.7. The Morgan fingerprint density at radius 1 is 0.794 bits per heavy atom. The summed E-state index contributed by atoms with van der Waals surface area (Å²) in [5.41, 5.74) is 4.59. The molecule has 2 aliphatic heterocycles. The minimum atomic E-state index is -0.365. The third-order valence-electron chi connectivity index (χ3n) is 6.17. The van der Waals surface area contributed by atoms with Crippen LogP contribution in [0.5, 0.6) is 23.0 Å². The van der Waals surface area contributed by atoms with Gasteiger partial charge in [-0.2, -0.15) is 0 Å². The Labute approximate surface area is 195 Å². The zero-order valence-corrected chi connectivity index (χ0v) is 18.6. The zero-order valence-electron chi connectivity index (χ0n) is 18.6. The van der Waals surface area contributed by atoms with Crippen molar-refractivity contribution in [2.75, 3.05) is 26.3 Å². The summed E-state index contributed by atoms with van der Waals surface area (Å²) in [6, 6.07) is 19.3. The maximum atomic E-state index is 13.1. The smallest absolute Gasteiger partial charge is 0.339 e. The molecule has 0 amide bonds. The van der Waals surface area contributed by atoms with Crippen molar-refractivity contribution in [3.8, 4) is 34.1 Å². The molecule has 0 radical (unpaired) electrons. The molecule has 0 bridgehead atoms. The van der Waals surface area contributed by atoms with Crippen molar-refractivity contribution in [1.82, 2.24) is 0 Å². The van der Waals surface area contributed by atoms with Gasteiger partial charge in [-0.3, -0.25) is 0 Å². The molecule has 1 N–H and O–H groups in total. The molecule has 7 heteroatoms. The van der Waals surface area contributed by atoms with Crippen LogP contribution in [0.1, 0.15) is 15.9 Å². The van der Waals surface area contributed by atoms with Crippen molar-refractivity contribution in [3.63, 3.8) is 0 Å². The Hall–Kier alpha value is -4.39. The molecule has 0 saturated heterocycles. The van der Waals surface area contributed by atoms with Crippen LogP contribution >= 0.6 is 0 Å². The number of esters is 1. The lowest BCUT2D eigenvalue weighted by Gasteiger charge is -2.20. The number of methoxy groups -OCH3 is 2. The SMILES string of the molecule is COc1cc2c(Nc3ccccc3)c3c(c(-c4ccc5c(c4)OCO5)c2cc1OC)C(=O)OC3. The molecule has 0 saturated carbocycles. The lowest BCUT2D eigenvalue weighted by Crippen LogP contribution is -2.03. The molecule has 2 heterocycles. The normalized spacial score (nSPS) is 13.5. The predicted octanol–water partition coefficient (Wildman–Crippen LogP) is 5.67. The number of fused-ring (bicyclic) bond motifs is 3. The van der Waals surface area contributed by atoms with E-state index in [0.717, 1.165) is 38.8 Å². The van der Waals surface area contributed by atoms with Crippen LogP contribution in [0.15, 0.2) is 60.7 Å². The summed E-state index contributed by atoms with van der Waals surface area (Å²) >= 11 is 0. The third kappa shape index (κ3) is 3.08. The van der Waals surface area contributed by atoms with Gasteiger partial charge in [0.05, 0.1) is 25.5 Å². The molecule has 0 unspecified atom stereocenters. The van der Waals surface area contributed by atoms with Crippen molar-refractivity contribution >= 4 is 28.1 Å². The van der Waals surface area contributed by atoms with Crippen LogP contribution in [0.25, 0.3) is 21.9 Å². The number of carbonyl (C=O) groups is 1. The van der Waals surface area contributed by atoms with Crippen molar-refractivity contribution in [3.05, 3.63) is 71.8 Å². The zero-order chi connectivity index (χ0) is 23.2. The molecular formula is C27H21NO6. The predicted molar refractivity (Wildman–Crippen MR) is 127 cm³/mol. The quantitative estimate of drug-likeness (QED) is 0.389. The number of rotatable bonds is 5. The van der Waals surface area contributed by atoms with Crippen LogP contribution in [0, 0.1) is 0 Å². The first-order valence-corrected chi connectivity index (χ1v) is 10.8. The third-order valence-corrected chi connectivity index (χ3v) is 6.17. The second-order valence-corrected chi connectivity index (χ2v) is 7.99. The van der Waals surface area contributed by atoms with Gasteiger partial charge in [-0.15, -0.1) is 0 Å². The van der Waals surface area contributed by atoms with E-state index in [1.807, 2.05) is 60.7 Å². The largest absolute Gasteiger partial charge is 0.493 e. The van der Waals surface area contributed by atoms with E-state index >= 15 is 0 Å². The van der Waals surface area contributed by atoms with E-state index in [-0.39, 0.29) is 19.4 Å². The van der Waals surface area contributed by atoms with Crippen molar-refractivity contribution in [1.29, 1.82) is 0 Å². The van der Waals surface area contributed by atoms with E-state index in [1.54, 1.807) is 14.2 Å². The van der Waals surface area contributed by atoms with Gasteiger partial charge >= 0.3 is 5.97 Å². The van der Waals surface area contributed by atoms with Gasteiger partial charge in [0.1, 0.15) is 6.61 Å². The molecule has 0 fully saturated rings. The standard InChI is InChI=1S/C27H21NO6/c1-30-21-11-17-18(12-22(21)31-2)26(28-16-6-4-3-5-7-16)19-13-32-27(29)25(19)24(17)15-8-9-20-23(10-15)34-14-33-20/h3-12,28H,13-14H2,1-2H3. The first kappa shape index (κ1) is 20.2. The van der Waals surface area contributed by atoms with E-state index in [4.69, 9.17) is 23.7 Å². The van der Waals surface area contributed by atoms with Gasteiger partial charge in [-0.1, -0.05) is 24.3 Å². The van der Waals surface area contributed by atoms with E-state index in [0.29, 0.717) is 28.6 Å². The van der Waals surface area contributed by atoms with Crippen molar-refractivity contribution in [2.24, 2.45) is 0 Å². The summed E-state index contributed by atoms with van der Waals surface area (Å²) in [5.74, 6) is 2.10. The molecule has 0 aromatic heterocycles. The number of hydrogen-bond acceptors (Lipinski definition) is 7. The monoisotopic (exact) mass is 455 g/mol. The summed E-state index contributed by atoms with van der Waals surface area (Å²) in [4.78, 5) is 13.1. The summed E-state index contributed by atoms with van der Waals surface area (Å²) in [7, 11) is 3.20. The lowest BCUT2D eigenvalue weighted by molar-refractivity contribution is 0.0536. The fraction of sp³-hybridized carbons (Fsp3) is 0.148. The van der Waals surface area contributed by atoms with E-state index in [2.05, 4.69) is 5.32 Å².